The molecular formula is C27H30O17. The summed E-state index contributed by atoms with van der Waals surface area (Å²) in [6.07, 6.45) is -17.4. The largest absolute Gasteiger partial charge is 0.508 e. The highest BCUT2D eigenvalue weighted by atomic mass is 16.7. The van der Waals surface area contributed by atoms with Gasteiger partial charge < -0.3 is 79.5 Å². The molecule has 0 aliphatic carbocycles. The van der Waals surface area contributed by atoms with Gasteiger partial charge in [0.25, 0.3) is 0 Å². The summed E-state index contributed by atoms with van der Waals surface area (Å²) in [7, 11) is 0. The van der Waals surface area contributed by atoms with Crippen molar-refractivity contribution in [2.75, 3.05) is 13.2 Å². The highest BCUT2D eigenvalue weighted by Gasteiger charge is 2.48. The number of phenolic OH excluding ortho intramolecular Hbond substituents is 4. The van der Waals surface area contributed by atoms with Gasteiger partial charge in [0.15, 0.2) is 23.5 Å². The summed E-state index contributed by atoms with van der Waals surface area (Å²) in [5, 5.41) is 111. The van der Waals surface area contributed by atoms with E-state index in [0.717, 1.165) is 24.3 Å². The van der Waals surface area contributed by atoms with Gasteiger partial charge in [-0.05, 0) is 18.2 Å². The number of aliphatic hydroxyl groups excluding tert-OH is 7. The lowest BCUT2D eigenvalue weighted by Crippen LogP contribution is -2.62. The van der Waals surface area contributed by atoms with Crippen molar-refractivity contribution in [3.8, 4) is 40.1 Å². The Morgan fingerprint density at radius 3 is 2.00 bits per heavy atom. The van der Waals surface area contributed by atoms with Gasteiger partial charge in [0.05, 0.1) is 13.2 Å². The van der Waals surface area contributed by atoms with Gasteiger partial charge in [-0.15, -0.1) is 0 Å². The molecule has 0 spiro atoms. The molecule has 3 heterocycles. The van der Waals surface area contributed by atoms with Crippen molar-refractivity contribution in [1.82, 2.24) is 0 Å². The molecule has 3 aromatic rings. The minimum Gasteiger partial charge on any atom is -0.508 e. The molecule has 2 saturated heterocycles. The number of rotatable bonds is 7. The lowest BCUT2D eigenvalue weighted by atomic mass is 9.98. The molecule has 17 nitrogen and oxygen atoms in total. The summed E-state index contributed by atoms with van der Waals surface area (Å²) < 4.78 is 27.6. The molecule has 0 amide bonds. The predicted molar refractivity (Wildman–Crippen MR) is 142 cm³/mol. The summed E-state index contributed by atoms with van der Waals surface area (Å²) in [5.74, 6) is -3.44. The molecule has 11 N–H and O–H groups in total. The summed E-state index contributed by atoms with van der Waals surface area (Å²) in [4.78, 5) is 13.6. The number of ether oxygens (including phenoxy) is 4. The number of fused-ring (bicyclic) bond motifs is 1. The van der Waals surface area contributed by atoms with Crippen LogP contribution in [0.15, 0.2) is 39.5 Å². The third kappa shape index (κ3) is 5.73. The molecule has 2 aliphatic heterocycles. The Bertz CT molecular complexity index is 1560. The average Bonchev–Trinajstić information content (AvgIpc) is 2.98. The van der Waals surface area contributed by atoms with Crippen molar-refractivity contribution in [1.29, 1.82) is 0 Å². The molecule has 0 saturated carbocycles. The Morgan fingerprint density at radius 1 is 0.705 bits per heavy atom. The second-order valence-electron chi connectivity index (χ2n) is 10.3. The molecule has 0 radical (unpaired) electrons. The first-order valence-corrected chi connectivity index (χ1v) is 13.2. The number of benzene rings is 2. The van der Waals surface area contributed by atoms with Gasteiger partial charge in [-0.2, -0.15) is 0 Å². The first-order chi connectivity index (χ1) is 20.8. The molecular weight excluding hydrogens is 596 g/mol. The number of hydrogen-bond acceptors (Lipinski definition) is 17. The van der Waals surface area contributed by atoms with E-state index in [9.17, 15) is 61.0 Å². The predicted octanol–water partition coefficient (Wildman–Crippen LogP) is -2.71. The van der Waals surface area contributed by atoms with Crippen LogP contribution in [-0.2, 0) is 14.2 Å². The van der Waals surface area contributed by atoms with E-state index < -0.39 is 120 Å². The number of phenols is 4. The van der Waals surface area contributed by atoms with Crippen LogP contribution in [0, 0.1) is 0 Å². The number of hydrogen-bond donors (Lipinski definition) is 11. The second kappa shape index (κ2) is 12.3. The molecule has 0 bridgehead atoms. The van der Waals surface area contributed by atoms with Crippen LogP contribution < -0.4 is 10.2 Å². The minimum absolute atomic E-state index is 0.0504. The second-order valence-corrected chi connectivity index (χ2v) is 10.3. The molecule has 5 rings (SSSR count). The van der Waals surface area contributed by atoms with Crippen LogP contribution in [0.5, 0.6) is 28.7 Å². The third-order valence-corrected chi connectivity index (χ3v) is 7.33. The van der Waals surface area contributed by atoms with Crippen LogP contribution in [-0.4, -0.2) is 131 Å². The van der Waals surface area contributed by atoms with E-state index in [-0.39, 0.29) is 11.1 Å². The van der Waals surface area contributed by atoms with E-state index in [1.807, 2.05) is 0 Å². The van der Waals surface area contributed by atoms with Gasteiger partial charge in [-0.3, -0.25) is 4.79 Å². The Morgan fingerprint density at radius 2 is 1.34 bits per heavy atom. The van der Waals surface area contributed by atoms with Crippen molar-refractivity contribution in [2.45, 2.75) is 61.4 Å². The highest BCUT2D eigenvalue weighted by molar-refractivity contribution is 5.88. The van der Waals surface area contributed by atoms with E-state index in [1.54, 1.807) is 0 Å². The molecule has 1 aromatic heterocycles. The van der Waals surface area contributed by atoms with Crippen LogP contribution in [0.3, 0.4) is 0 Å². The van der Waals surface area contributed by atoms with Crippen molar-refractivity contribution < 1.29 is 79.5 Å². The maximum Gasteiger partial charge on any atom is 0.239 e. The van der Waals surface area contributed by atoms with E-state index in [4.69, 9.17) is 23.4 Å². The van der Waals surface area contributed by atoms with Crippen molar-refractivity contribution in [2.24, 2.45) is 0 Å². The summed E-state index contributed by atoms with van der Waals surface area (Å²) in [6, 6.07) is 5.17. The van der Waals surface area contributed by atoms with Gasteiger partial charge in [0, 0.05) is 17.7 Å². The Hall–Kier alpha value is -3.75. The Labute approximate surface area is 246 Å². The monoisotopic (exact) mass is 626 g/mol. The van der Waals surface area contributed by atoms with Gasteiger partial charge >= 0.3 is 0 Å². The molecule has 10 atom stereocenters. The Balaban J connectivity index is 1.47. The molecule has 240 valence electrons. The van der Waals surface area contributed by atoms with Gasteiger partial charge in [-0.25, -0.2) is 0 Å². The van der Waals surface area contributed by atoms with Crippen molar-refractivity contribution in [3.63, 3.8) is 0 Å². The topological polar surface area (TPSA) is 290 Å². The van der Waals surface area contributed by atoms with E-state index in [2.05, 4.69) is 0 Å². The van der Waals surface area contributed by atoms with Crippen LogP contribution >= 0.6 is 0 Å². The van der Waals surface area contributed by atoms with Gasteiger partial charge in [-0.1, -0.05) is 0 Å². The fraction of sp³-hybridized carbons (Fsp3) is 0.444. The average molecular weight is 627 g/mol. The first kappa shape index (κ1) is 31.7. The zero-order valence-electron chi connectivity index (χ0n) is 22.4. The van der Waals surface area contributed by atoms with Crippen LogP contribution in [0.25, 0.3) is 22.3 Å². The smallest absolute Gasteiger partial charge is 0.239 e. The van der Waals surface area contributed by atoms with Crippen LogP contribution in [0.4, 0.5) is 0 Å². The lowest BCUT2D eigenvalue weighted by molar-refractivity contribution is -0.323. The van der Waals surface area contributed by atoms with Gasteiger partial charge in [0.1, 0.15) is 71.3 Å². The molecule has 44 heavy (non-hydrogen) atoms. The standard InChI is InChI=1S/C27H30O17/c28-6-14-17(33)20(36)22(38)26(42-14)40-7-15-18(34)21(37)23(39)27(43-15)44-25-19(35)16-12(32)4-9(29)5-13(16)41-24(25)8-1-2-10(30)11(31)3-8/h1-5,14-15,17-18,20-23,26-34,36-39H,6-7H2/t14-,15-,17+,18+,20+,21+,22-,23-,26+,27-/m0/s1. The first-order valence-electron chi connectivity index (χ1n) is 13.2. The summed E-state index contributed by atoms with van der Waals surface area (Å²) in [5.41, 5.74) is -1.41. The maximum atomic E-state index is 13.6. The van der Waals surface area contributed by atoms with Crippen LogP contribution in [0.2, 0.25) is 0 Å². The molecule has 2 fully saturated rings. The van der Waals surface area contributed by atoms with Crippen LogP contribution in [0.1, 0.15) is 0 Å². The minimum atomic E-state index is -2.00. The van der Waals surface area contributed by atoms with Crippen molar-refractivity contribution in [3.05, 3.63) is 40.6 Å². The van der Waals surface area contributed by atoms with E-state index >= 15 is 0 Å². The third-order valence-electron chi connectivity index (χ3n) is 7.33. The lowest BCUT2D eigenvalue weighted by Gasteiger charge is -2.42. The zero-order valence-corrected chi connectivity index (χ0v) is 22.4. The molecule has 2 aliphatic rings. The normalized spacial score (nSPS) is 32.5. The fourth-order valence-electron chi connectivity index (χ4n) is 4.89. The van der Waals surface area contributed by atoms with E-state index in [0.29, 0.717) is 0 Å². The summed E-state index contributed by atoms with van der Waals surface area (Å²) >= 11 is 0. The fourth-order valence-corrected chi connectivity index (χ4v) is 4.89. The zero-order chi connectivity index (χ0) is 32.0. The van der Waals surface area contributed by atoms with Gasteiger partial charge in [0.2, 0.25) is 17.5 Å². The molecule has 17 heteroatoms. The SMILES string of the molecule is O=c1c(O[C@@H]2O[C@@H](CO[C@@H]3O[C@@H](CO)[C@@H](O)[C@@H](O)[C@@H]3O)[C@@H](O)[C@@H](O)[C@@H]2O)c(-c2ccc(O)c(O)c2)oc2cc(O)cc(O)c12. The maximum absolute atomic E-state index is 13.6. The van der Waals surface area contributed by atoms with Crippen molar-refractivity contribution >= 4 is 11.0 Å². The highest BCUT2D eigenvalue weighted by Crippen LogP contribution is 2.39. The Kier molecular flexibility index (Phi) is 8.87. The number of aliphatic hydroxyl groups is 7. The molecule has 2 aromatic carbocycles. The quantitative estimate of drug-likeness (QED) is 0.119. The summed E-state index contributed by atoms with van der Waals surface area (Å²) in [6.45, 7) is -1.42. The number of aromatic hydroxyl groups is 4. The molecule has 0 unspecified atom stereocenters. The van der Waals surface area contributed by atoms with E-state index in [1.165, 1.54) is 6.07 Å².